The molecule has 2 unspecified atom stereocenters. The van der Waals surface area contributed by atoms with Gasteiger partial charge in [-0.3, -0.25) is 4.79 Å². The van der Waals surface area contributed by atoms with Crippen LogP contribution in [-0.4, -0.2) is 138 Å². The standard InChI is InChI=1S/C46H76N8O13/c1-37(55)48-22-14-5-6-15-23-49-41(56)62-32-39(30-54-29-28-47-36-54)67-45(60)53-27-19-10-9-18-26-52-44(59)65-35-46(2,3)34-64-43(58)51-25-17-8-7-16-24-50-42(57)63-33-40(31-61-4)66-38-20-12-11-13-21-38/h11-13,20-21,28-29,36,39-40H,5-10,14-19,22-27,30-35H2,1-4H3,(H,48,55)(H,49,56)(H,50,57)(H,51,58)(H,52,59)(H,53,60). The fourth-order valence-electron chi connectivity index (χ4n) is 6.07. The first-order valence-electron chi connectivity index (χ1n) is 23.3. The summed E-state index contributed by atoms with van der Waals surface area (Å²) in [5, 5.41) is 16.4. The maximum absolute atomic E-state index is 12.5. The van der Waals surface area contributed by atoms with Gasteiger partial charge in [0, 0.05) is 71.1 Å². The van der Waals surface area contributed by atoms with Crippen molar-refractivity contribution in [2.45, 2.75) is 117 Å². The van der Waals surface area contributed by atoms with E-state index in [2.05, 4.69) is 36.9 Å². The van der Waals surface area contributed by atoms with Crippen LogP contribution in [0.15, 0.2) is 49.1 Å². The summed E-state index contributed by atoms with van der Waals surface area (Å²) in [5.41, 5.74) is -0.602. The molecule has 6 amide bonds. The summed E-state index contributed by atoms with van der Waals surface area (Å²) in [5.74, 6) is 0.620. The van der Waals surface area contributed by atoms with Gasteiger partial charge in [0.25, 0.3) is 0 Å². The van der Waals surface area contributed by atoms with Crippen LogP contribution in [0.25, 0.3) is 0 Å². The van der Waals surface area contributed by atoms with Crippen molar-refractivity contribution < 1.29 is 61.9 Å². The largest absolute Gasteiger partial charge is 0.484 e. The molecule has 0 saturated carbocycles. The van der Waals surface area contributed by atoms with Crippen LogP contribution in [0.4, 0.5) is 24.0 Å². The first kappa shape index (κ1) is 57.1. The highest BCUT2D eigenvalue weighted by molar-refractivity contribution is 5.72. The van der Waals surface area contributed by atoms with Gasteiger partial charge in [-0.15, -0.1) is 0 Å². The zero-order valence-corrected chi connectivity index (χ0v) is 39.9. The number of unbranched alkanes of at least 4 members (excludes halogenated alkanes) is 9. The number of hydrogen-bond donors (Lipinski definition) is 6. The Morgan fingerprint density at radius 2 is 1.00 bits per heavy atom. The molecule has 0 aliphatic rings. The van der Waals surface area contributed by atoms with Crippen LogP contribution in [0.2, 0.25) is 0 Å². The molecular weight excluding hydrogens is 873 g/mol. The van der Waals surface area contributed by atoms with E-state index < -0.39 is 48.1 Å². The number of nitrogens with one attached hydrogen (secondary N) is 6. The van der Waals surface area contributed by atoms with Crippen molar-refractivity contribution in [3.63, 3.8) is 0 Å². The third-order valence-corrected chi connectivity index (χ3v) is 9.67. The maximum Gasteiger partial charge on any atom is 0.407 e. The van der Waals surface area contributed by atoms with Gasteiger partial charge in [-0.1, -0.05) is 70.6 Å². The summed E-state index contributed by atoms with van der Waals surface area (Å²) in [6.45, 7) is 8.50. The molecule has 2 atom stereocenters. The summed E-state index contributed by atoms with van der Waals surface area (Å²) in [7, 11) is 1.56. The van der Waals surface area contributed by atoms with Gasteiger partial charge in [-0.05, 0) is 50.7 Å². The van der Waals surface area contributed by atoms with Crippen molar-refractivity contribution in [2.24, 2.45) is 5.41 Å². The molecule has 0 aliphatic carbocycles. The lowest BCUT2D eigenvalue weighted by atomic mass is 9.96. The Balaban J connectivity index is 1.45. The Hall–Kier alpha value is -5.99. The van der Waals surface area contributed by atoms with Crippen molar-refractivity contribution in [1.82, 2.24) is 41.5 Å². The molecule has 6 N–H and O–H groups in total. The molecule has 0 bridgehead atoms. The molecule has 0 radical (unpaired) electrons. The summed E-state index contributed by atoms with van der Waals surface area (Å²) in [6.07, 6.45) is 10.6. The van der Waals surface area contributed by atoms with Crippen molar-refractivity contribution >= 4 is 36.4 Å². The highest BCUT2D eigenvalue weighted by Crippen LogP contribution is 2.16. The van der Waals surface area contributed by atoms with Gasteiger partial charge in [0.05, 0.1) is 19.5 Å². The van der Waals surface area contributed by atoms with Crippen molar-refractivity contribution in [1.29, 1.82) is 0 Å². The Bertz CT molecular complexity index is 1650. The summed E-state index contributed by atoms with van der Waals surface area (Å²) in [6, 6.07) is 9.25. The fraction of sp³-hybridized carbons (Fsp3) is 0.674. The Kier molecular flexibility index (Phi) is 30.8. The van der Waals surface area contributed by atoms with Crippen LogP contribution < -0.4 is 36.6 Å². The number of ether oxygens (including phenoxy) is 7. The number of carbonyl (C=O) groups excluding carboxylic acids is 6. The SMILES string of the molecule is COCC(COC(=O)NCCCCCCNC(=O)OCC(C)(C)COC(=O)NCCCCCCNC(=O)OC(COC(=O)NCCCCCCNC(C)=O)Cn1ccnc1)Oc1ccccc1. The number of alkyl carbamates (subject to hydrolysis) is 5. The normalized spacial score (nSPS) is 11.8. The molecule has 0 fully saturated rings. The van der Waals surface area contributed by atoms with Crippen LogP contribution in [0.1, 0.15) is 97.8 Å². The molecule has 21 heteroatoms. The number of aromatic nitrogens is 2. The van der Waals surface area contributed by atoms with E-state index in [0.29, 0.717) is 57.9 Å². The zero-order valence-electron chi connectivity index (χ0n) is 39.9. The lowest BCUT2D eigenvalue weighted by molar-refractivity contribution is -0.118. The minimum Gasteiger partial charge on any atom is -0.484 e. The zero-order chi connectivity index (χ0) is 48.8. The minimum atomic E-state index is -0.735. The Morgan fingerprint density at radius 1 is 0.567 bits per heavy atom. The number of nitrogens with zero attached hydrogens (tertiary/aromatic N) is 2. The molecule has 2 rings (SSSR count). The quantitative estimate of drug-likeness (QED) is 0.0348. The lowest BCUT2D eigenvalue weighted by Gasteiger charge is -2.23. The number of benzene rings is 1. The summed E-state index contributed by atoms with van der Waals surface area (Å²) >= 11 is 0. The second kappa shape index (κ2) is 36.2. The van der Waals surface area contributed by atoms with Crippen LogP contribution in [-0.2, 0) is 39.8 Å². The van der Waals surface area contributed by atoms with Crippen molar-refractivity contribution in [3.8, 4) is 5.75 Å². The van der Waals surface area contributed by atoms with E-state index in [4.69, 9.17) is 33.2 Å². The summed E-state index contributed by atoms with van der Waals surface area (Å²) < 4.78 is 39.5. The van der Waals surface area contributed by atoms with E-state index in [0.717, 1.165) is 64.2 Å². The number of carbonyl (C=O) groups is 6. The molecule has 0 saturated heterocycles. The molecule has 0 aliphatic heterocycles. The highest BCUT2D eigenvalue weighted by atomic mass is 16.6. The number of methoxy groups -OCH3 is 1. The number of imidazole rings is 1. The number of amides is 6. The Morgan fingerprint density at radius 3 is 1.43 bits per heavy atom. The monoisotopic (exact) mass is 949 g/mol. The predicted molar refractivity (Wildman–Crippen MR) is 249 cm³/mol. The van der Waals surface area contributed by atoms with E-state index in [9.17, 15) is 28.8 Å². The predicted octanol–water partition coefficient (Wildman–Crippen LogP) is 5.82. The highest BCUT2D eigenvalue weighted by Gasteiger charge is 2.23. The van der Waals surface area contributed by atoms with Gasteiger partial charge in [0.2, 0.25) is 5.91 Å². The van der Waals surface area contributed by atoms with E-state index in [1.54, 1.807) is 30.4 Å². The smallest absolute Gasteiger partial charge is 0.407 e. The van der Waals surface area contributed by atoms with Gasteiger partial charge in [0.1, 0.15) is 32.2 Å². The summed E-state index contributed by atoms with van der Waals surface area (Å²) in [4.78, 5) is 76.2. The van der Waals surface area contributed by atoms with Gasteiger partial charge >= 0.3 is 30.5 Å². The van der Waals surface area contributed by atoms with Gasteiger partial charge < -0.3 is 69.6 Å². The molecule has 378 valence electrons. The fourth-order valence-corrected chi connectivity index (χ4v) is 6.07. The van der Waals surface area contributed by atoms with Crippen LogP contribution in [0, 0.1) is 5.41 Å². The average molecular weight is 949 g/mol. The first-order chi connectivity index (χ1) is 32.3. The van der Waals surface area contributed by atoms with E-state index in [-0.39, 0.29) is 45.5 Å². The van der Waals surface area contributed by atoms with Crippen LogP contribution >= 0.6 is 0 Å². The van der Waals surface area contributed by atoms with Crippen molar-refractivity contribution in [3.05, 3.63) is 49.1 Å². The van der Waals surface area contributed by atoms with Gasteiger partial charge in [-0.25, -0.2) is 29.0 Å². The topological polar surface area (TPSA) is 257 Å². The Labute approximate surface area is 395 Å². The lowest BCUT2D eigenvalue weighted by Crippen LogP contribution is -2.36. The van der Waals surface area contributed by atoms with E-state index in [1.165, 1.54) is 6.92 Å². The molecular formula is C46H76N8O13. The third kappa shape index (κ3) is 32.3. The molecule has 1 heterocycles. The first-order valence-corrected chi connectivity index (χ1v) is 23.3. The minimum absolute atomic E-state index is 0.0464. The van der Waals surface area contributed by atoms with Crippen LogP contribution in [0.3, 0.4) is 0 Å². The number of para-hydroxylation sites is 1. The molecule has 21 nitrogen and oxygen atoms in total. The molecule has 67 heavy (non-hydrogen) atoms. The number of rotatable bonds is 36. The molecule has 2 aromatic rings. The second-order valence-corrected chi connectivity index (χ2v) is 16.7. The molecule has 1 aromatic carbocycles. The second-order valence-electron chi connectivity index (χ2n) is 16.7. The molecule has 1 aromatic heterocycles. The van der Waals surface area contributed by atoms with Crippen molar-refractivity contribution in [2.75, 3.05) is 79.4 Å². The average Bonchev–Trinajstić information content (AvgIpc) is 3.82. The number of hydrogen-bond acceptors (Lipinski definition) is 14. The van der Waals surface area contributed by atoms with Gasteiger partial charge in [-0.2, -0.15) is 0 Å². The molecule has 0 spiro atoms. The van der Waals surface area contributed by atoms with Crippen LogP contribution in [0.5, 0.6) is 5.75 Å². The third-order valence-electron chi connectivity index (χ3n) is 9.67. The van der Waals surface area contributed by atoms with E-state index in [1.807, 2.05) is 44.2 Å². The van der Waals surface area contributed by atoms with E-state index >= 15 is 0 Å². The maximum atomic E-state index is 12.5. The van der Waals surface area contributed by atoms with Gasteiger partial charge in [0.15, 0.2) is 12.2 Å².